The standard InChI is InChI=1S/C11H19N5O3S/c1-2-7-20(18,19)14-11(17)10-8-16(15-13-10)9-3-5-12-6-4-9/h8-9,12H,2-7H2,1H3,(H,14,17). The van der Waals surface area contributed by atoms with Gasteiger partial charge in [-0.15, -0.1) is 5.10 Å². The van der Waals surface area contributed by atoms with Crippen LogP contribution < -0.4 is 10.0 Å². The van der Waals surface area contributed by atoms with Crippen molar-refractivity contribution in [2.75, 3.05) is 18.8 Å². The fraction of sp³-hybridized carbons (Fsp3) is 0.727. The maximum absolute atomic E-state index is 11.8. The molecule has 2 rings (SSSR count). The molecule has 0 aliphatic carbocycles. The highest BCUT2D eigenvalue weighted by Gasteiger charge is 2.21. The topological polar surface area (TPSA) is 106 Å². The molecular formula is C11H19N5O3S. The Balaban J connectivity index is 2.02. The monoisotopic (exact) mass is 301 g/mol. The lowest BCUT2D eigenvalue weighted by molar-refractivity contribution is 0.0976. The Bertz CT molecular complexity index is 562. The number of rotatable bonds is 5. The molecule has 1 aliphatic heterocycles. The molecule has 9 heteroatoms. The van der Waals surface area contributed by atoms with Gasteiger partial charge in [-0.3, -0.25) is 4.79 Å². The van der Waals surface area contributed by atoms with E-state index >= 15 is 0 Å². The number of hydrogen-bond donors (Lipinski definition) is 2. The Morgan fingerprint density at radius 3 is 2.85 bits per heavy atom. The van der Waals surface area contributed by atoms with Crippen molar-refractivity contribution < 1.29 is 13.2 Å². The van der Waals surface area contributed by atoms with Crippen molar-refractivity contribution in [1.29, 1.82) is 0 Å². The Hall–Kier alpha value is -1.48. The van der Waals surface area contributed by atoms with Crippen molar-refractivity contribution >= 4 is 15.9 Å². The van der Waals surface area contributed by atoms with E-state index in [1.165, 1.54) is 6.20 Å². The number of nitrogens with zero attached hydrogens (tertiary/aromatic N) is 3. The van der Waals surface area contributed by atoms with E-state index in [4.69, 9.17) is 0 Å². The van der Waals surface area contributed by atoms with Gasteiger partial charge < -0.3 is 5.32 Å². The summed E-state index contributed by atoms with van der Waals surface area (Å²) in [5, 5.41) is 10.9. The second-order valence-electron chi connectivity index (χ2n) is 4.82. The van der Waals surface area contributed by atoms with E-state index in [1.54, 1.807) is 11.6 Å². The number of nitrogens with one attached hydrogen (secondary N) is 2. The van der Waals surface area contributed by atoms with Gasteiger partial charge in [-0.1, -0.05) is 12.1 Å². The van der Waals surface area contributed by atoms with Crippen molar-refractivity contribution in [2.45, 2.75) is 32.2 Å². The van der Waals surface area contributed by atoms with Crippen LogP contribution in [0.5, 0.6) is 0 Å². The minimum Gasteiger partial charge on any atom is -0.317 e. The smallest absolute Gasteiger partial charge is 0.286 e. The zero-order chi connectivity index (χ0) is 14.6. The molecule has 1 amide bonds. The van der Waals surface area contributed by atoms with Gasteiger partial charge in [-0.05, 0) is 32.4 Å². The molecule has 1 saturated heterocycles. The second-order valence-corrected chi connectivity index (χ2v) is 6.66. The molecular weight excluding hydrogens is 282 g/mol. The van der Waals surface area contributed by atoms with Gasteiger partial charge in [0, 0.05) is 0 Å². The number of aromatic nitrogens is 3. The van der Waals surface area contributed by atoms with Crippen molar-refractivity contribution in [3.63, 3.8) is 0 Å². The van der Waals surface area contributed by atoms with E-state index in [1.807, 2.05) is 4.72 Å². The first-order chi connectivity index (χ1) is 9.52. The summed E-state index contributed by atoms with van der Waals surface area (Å²) in [4.78, 5) is 11.8. The largest absolute Gasteiger partial charge is 0.317 e. The minimum absolute atomic E-state index is 0.0308. The molecule has 2 N–H and O–H groups in total. The summed E-state index contributed by atoms with van der Waals surface area (Å²) in [5.41, 5.74) is 0.0308. The lowest BCUT2D eigenvalue weighted by atomic mass is 10.1. The van der Waals surface area contributed by atoms with E-state index in [0.29, 0.717) is 6.42 Å². The number of amides is 1. The molecule has 1 aliphatic rings. The maximum Gasteiger partial charge on any atom is 0.286 e. The van der Waals surface area contributed by atoms with Gasteiger partial charge in [0.1, 0.15) is 0 Å². The summed E-state index contributed by atoms with van der Waals surface area (Å²) >= 11 is 0. The second kappa shape index (κ2) is 6.31. The Morgan fingerprint density at radius 1 is 1.50 bits per heavy atom. The molecule has 20 heavy (non-hydrogen) atoms. The summed E-state index contributed by atoms with van der Waals surface area (Å²) in [6.45, 7) is 3.53. The number of sulfonamides is 1. The van der Waals surface area contributed by atoms with Crippen LogP contribution in [-0.4, -0.2) is 48.2 Å². The third kappa shape index (κ3) is 3.76. The lowest BCUT2D eigenvalue weighted by Gasteiger charge is -2.22. The van der Waals surface area contributed by atoms with Crippen LogP contribution in [0.15, 0.2) is 6.20 Å². The highest BCUT2D eigenvalue weighted by Crippen LogP contribution is 2.16. The van der Waals surface area contributed by atoms with Crippen LogP contribution in [0, 0.1) is 0 Å². The van der Waals surface area contributed by atoms with Gasteiger partial charge in [0.25, 0.3) is 5.91 Å². The first-order valence-electron chi connectivity index (χ1n) is 6.69. The van der Waals surface area contributed by atoms with Crippen molar-refractivity contribution in [3.8, 4) is 0 Å². The number of piperidine rings is 1. The molecule has 8 nitrogen and oxygen atoms in total. The van der Waals surface area contributed by atoms with Crippen LogP contribution in [0.2, 0.25) is 0 Å². The molecule has 0 saturated carbocycles. The molecule has 0 radical (unpaired) electrons. The molecule has 1 aromatic rings. The summed E-state index contributed by atoms with van der Waals surface area (Å²) in [5.74, 6) is -0.806. The maximum atomic E-state index is 11.8. The van der Waals surface area contributed by atoms with Crippen LogP contribution in [0.3, 0.4) is 0 Å². The zero-order valence-corrected chi connectivity index (χ0v) is 12.2. The number of carbonyl (C=O) groups is 1. The quantitative estimate of drug-likeness (QED) is 0.771. The fourth-order valence-electron chi connectivity index (χ4n) is 2.14. The highest BCUT2D eigenvalue weighted by molar-refractivity contribution is 7.90. The Labute approximate surface area is 118 Å². The molecule has 0 spiro atoms. The molecule has 0 bridgehead atoms. The van der Waals surface area contributed by atoms with E-state index < -0.39 is 15.9 Å². The van der Waals surface area contributed by atoms with Crippen molar-refractivity contribution in [2.24, 2.45) is 0 Å². The van der Waals surface area contributed by atoms with E-state index in [-0.39, 0.29) is 17.5 Å². The van der Waals surface area contributed by atoms with Gasteiger partial charge >= 0.3 is 0 Å². The van der Waals surface area contributed by atoms with Crippen LogP contribution in [0.25, 0.3) is 0 Å². The van der Waals surface area contributed by atoms with E-state index in [2.05, 4.69) is 15.6 Å². The van der Waals surface area contributed by atoms with E-state index in [9.17, 15) is 13.2 Å². The van der Waals surface area contributed by atoms with Crippen LogP contribution in [0.4, 0.5) is 0 Å². The van der Waals surface area contributed by atoms with Crippen LogP contribution in [-0.2, 0) is 10.0 Å². The molecule has 0 aromatic carbocycles. The fourth-order valence-corrected chi connectivity index (χ4v) is 3.17. The summed E-state index contributed by atoms with van der Waals surface area (Å²) in [6, 6.07) is 0.206. The minimum atomic E-state index is -3.58. The first kappa shape index (κ1) is 14.9. The molecule has 0 unspecified atom stereocenters. The normalized spacial score (nSPS) is 17.1. The predicted octanol–water partition coefficient (Wildman–Crippen LogP) is -0.328. The summed E-state index contributed by atoms with van der Waals surface area (Å²) in [7, 11) is -3.58. The van der Waals surface area contributed by atoms with Gasteiger partial charge in [-0.2, -0.15) is 0 Å². The van der Waals surface area contributed by atoms with Gasteiger partial charge in [0.15, 0.2) is 5.69 Å². The van der Waals surface area contributed by atoms with Gasteiger partial charge in [-0.25, -0.2) is 17.8 Å². The van der Waals surface area contributed by atoms with Crippen molar-refractivity contribution in [1.82, 2.24) is 25.0 Å². The number of hydrogen-bond acceptors (Lipinski definition) is 6. The third-order valence-electron chi connectivity index (χ3n) is 3.15. The van der Waals surface area contributed by atoms with Gasteiger partial charge in [0.2, 0.25) is 10.0 Å². The highest BCUT2D eigenvalue weighted by atomic mass is 32.2. The first-order valence-corrected chi connectivity index (χ1v) is 8.34. The molecule has 112 valence electrons. The molecule has 2 heterocycles. The Kier molecular flexibility index (Phi) is 4.71. The third-order valence-corrected chi connectivity index (χ3v) is 4.59. The van der Waals surface area contributed by atoms with Crippen LogP contribution in [0.1, 0.15) is 42.7 Å². The average Bonchev–Trinajstić information content (AvgIpc) is 2.88. The molecule has 1 fully saturated rings. The SMILES string of the molecule is CCCS(=O)(=O)NC(=O)c1cn(C2CCNCC2)nn1. The lowest BCUT2D eigenvalue weighted by Crippen LogP contribution is -2.32. The van der Waals surface area contributed by atoms with Gasteiger partial charge in [0.05, 0.1) is 18.0 Å². The average molecular weight is 301 g/mol. The summed E-state index contributed by atoms with van der Waals surface area (Å²) < 4.78 is 26.7. The number of carbonyl (C=O) groups excluding carboxylic acids is 1. The summed E-state index contributed by atoms with van der Waals surface area (Å²) in [6.07, 6.45) is 3.79. The molecule has 0 atom stereocenters. The Morgan fingerprint density at radius 2 is 2.20 bits per heavy atom. The molecule has 1 aromatic heterocycles. The van der Waals surface area contributed by atoms with E-state index in [0.717, 1.165) is 25.9 Å². The zero-order valence-electron chi connectivity index (χ0n) is 11.4. The predicted molar refractivity (Wildman–Crippen MR) is 72.7 cm³/mol. The van der Waals surface area contributed by atoms with Crippen LogP contribution >= 0.6 is 0 Å². The van der Waals surface area contributed by atoms with Crippen molar-refractivity contribution in [3.05, 3.63) is 11.9 Å².